The van der Waals surface area contributed by atoms with Crippen molar-refractivity contribution in [3.05, 3.63) is 47.5 Å². The summed E-state index contributed by atoms with van der Waals surface area (Å²) >= 11 is 0. The first kappa shape index (κ1) is 17.6. The van der Waals surface area contributed by atoms with Crippen molar-refractivity contribution < 1.29 is 9.47 Å². The van der Waals surface area contributed by atoms with Gasteiger partial charge in [-0.25, -0.2) is 0 Å². The Labute approximate surface area is 149 Å². The molecule has 0 unspecified atom stereocenters. The maximum absolute atomic E-state index is 5.58. The minimum absolute atomic E-state index is 0.619. The normalized spacial score (nSPS) is 8.40. The molecular weight excluding hydrogens is 308 g/mol. The lowest BCUT2D eigenvalue weighted by molar-refractivity contribution is 0.513. The van der Waals surface area contributed by atoms with E-state index in [0.29, 0.717) is 11.5 Å². The second-order valence-corrected chi connectivity index (χ2v) is 5.18. The van der Waals surface area contributed by atoms with Crippen LogP contribution in [0.4, 0.5) is 0 Å². The Morgan fingerprint density at radius 3 is 1.84 bits per heavy atom. The van der Waals surface area contributed by atoms with Crippen LogP contribution in [-0.4, -0.2) is 0 Å². The molecule has 25 heavy (non-hydrogen) atoms. The fourth-order valence-electron chi connectivity index (χ4n) is 2.15. The van der Waals surface area contributed by atoms with Gasteiger partial charge in [0.25, 0.3) is 0 Å². The highest BCUT2D eigenvalue weighted by Crippen LogP contribution is 2.37. The fraction of sp³-hybridized carbons (Fsp3) is 0.130. The Morgan fingerprint density at radius 1 is 0.760 bits per heavy atom. The largest absolute Gasteiger partial charge is 0.407 e. The van der Waals surface area contributed by atoms with Gasteiger partial charge >= 0.3 is 0 Å². The molecule has 0 aliphatic heterocycles. The van der Waals surface area contributed by atoms with Crippen molar-refractivity contribution in [2.45, 2.75) is 20.8 Å². The van der Waals surface area contributed by atoms with Crippen molar-refractivity contribution in [2.75, 3.05) is 0 Å². The molecule has 2 aromatic carbocycles. The molecular formula is C23H16O2. The summed E-state index contributed by atoms with van der Waals surface area (Å²) in [5.41, 5.74) is 3.87. The van der Waals surface area contributed by atoms with Gasteiger partial charge in [0.1, 0.15) is 23.7 Å². The summed E-state index contributed by atoms with van der Waals surface area (Å²) in [5, 5.41) is 0. The summed E-state index contributed by atoms with van der Waals surface area (Å²) in [6, 6.07) is 11.8. The zero-order chi connectivity index (χ0) is 18.1. The molecule has 2 heteroatoms. The molecule has 0 N–H and O–H groups in total. The van der Waals surface area contributed by atoms with Gasteiger partial charge < -0.3 is 9.47 Å². The van der Waals surface area contributed by atoms with Crippen LogP contribution in [0.2, 0.25) is 0 Å². The third kappa shape index (κ3) is 4.88. The number of benzene rings is 2. The van der Waals surface area contributed by atoms with Crippen LogP contribution in [0, 0.1) is 62.1 Å². The van der Waals surface area contributed by atoms with Gasteiger partial charge in [-0.05, 0) is 48.9 Å². The van der Waals surface area contributed by atoms with Crippen molar-refractivity contribution in [1.82, 2.24) is 0 Å². The molecule has 0 heterocycles. The molecule has 0 atom stereocenters. The van der Waals surface area contributed by atoms with Crippen LogP contribution in [0.1, 0.15) is 18.1 Å². The first-order valence-electron chi connectivity index (χ1n) is 7.58. The lowest BCUT2D eigenvalue weighted by Crippen LogP contribution is -1.93. The van der Waals surface area contributed by atoms with E-state index >= 15 is 0 Å². The van der Waals surface area contributed by atoms with Crippen LogP contribution in [0.3, 0.4) is 0 Å². The maximum Gasteiger partial charge on any atom is 0.148 e. The third-order valence-corrected chi connectivity index (χ3v) is 3.24. The Morgan fingerprint density at radius 2 is 1.32 bits per heavy atom. The number of ether oxygens (including phenoxy) is 2. The zero-order valence-electron chi connectivity index (χ0n) is 14.4. The lowest BCUT2D eigenvalue weighted by Gasteiger charge is -2.12. The van der Waals surface area contributed by atoms with E-state index in [2.05, 4.69) is 41.8 Å². The molecule has 0 aliphatic carbocycles. The van der Waals surface area contributed by atoms with E-state index in [1.54, 1.807) is 6.92 Å². The Balaban J connectivity index is 2.50. The molecule has 0 amide bonds. The Hall–Kier alpha value is -3.72. The van der Waals surface area contributed by atoms with Gasteiger partial charge in [-0.1, -0.05) is 30.2 Å². The van der Waals surface area contributed by atoms with Crippen molar-refractivity contribution in [1.29, 1.82) is 0 Å². The zero-order valence-corrected chi connectivity index (χ0v) is 14.4. The molecule has 0 aliphatic rings. The van der Waals surface area contributed by atoms with Gasteiger partial charge in [-0.3, -0.25) is 0 Å². The van der Waals surface area contributed by atoms with E-state index in [-0.39, 0.29) is 0 Å². The summed E-state index contributed by atoms with van der Waals surface area (Å²) in [5.74, 6) is 13.7. The third-order valence-electron chi connectivity index (χ3n) is 3.24. The van der Waals surface area contributed by atoms with Gasteiger partial charge in [-0.2, -0.15) is 0 Å². The van der Waals surface area contributed by atoms with Gasteiger partial charge in [-0.15, -0.1) is 6.42 Å². The fourth-order valence-corrected chi connectivity index (χ4v) is 2.15. The molecule has 0 saturated heterocycles. The van der Waals surface area contributed by atoms with Crippen LogP contribution < -0.4 is 9.47 Å². The van der Waals surface area contributed by atoms with Crippen molar-refractivity contribution in [2.24, 2.45) is 0 Å². The van der Waals surface area contributed by atoms with E-state index < -0.39 is 0 Å². The Kier molecular flexibility index (Phi) is 6.20. The highest BCUT2D eigenvalue weighted by Gasteiger charge is 2.12. The second-order valence-electron chi connectivity index (χ2n) is 5.18. The number of terminal acetylenes is 1. The molecule has 0 spiro atoms. The van der Waals surface area contributed by atoms with Gasteiger partial charge in [0, 0.05) is 29.9 Å². The minimum Gasteiger partial charge on any atom is -0.407 e. The highest BCUT2D eigenvalue weighted by atomic mass is 16.5. The molecule has 120 valence electrons. The second kappa shape index (κ2) is 8.79. The first-order valence-corrected chi connectivity index (χ1v) is 7.58. The van der Waals surface area contributed by atoms with E-state index in [1.165, 1.54) is 0 Å². The molecule has 0 fully saturated rings. The lowest BCUT2D eigenvalue weighted by atomic mass is 10.0. The van der Waals surface area contributed by atoms with Gasteiger partial charge in [0.2, 0.25) is 0 Å². The summed E-state index contributed by atoms with van der Waals surface area (Å²) < 4.78 is 11.2. The monoisotopic (exact) mass is 324 g/mol. The molecule has 2 aromatic rings. The predicted molar refractivity (Wildman–Crippen MR) is 100 cm³/mol. The van der Waals surface area contributed by atoms with E-state index in [4.69, 9.17) is 15.9 Å². The standard InChI is InChI=1S/C23H16O2/c1-5-7-8-9-15-25-23-17-19(4)11-13-21(23)20-12-10-18(3)16-22(20)24-14-6-2/h1,10-13,16-17H,2-4H3. The van der Waals surface area contributed by atoms with Gasteiger partial charge in [0.15, 0.2) is 0 Å². The van der Waals surface area contributed by atoms with Crippen molar-refractivity contribution in [3.63, 3.8) is 0 Å². The smallest absolute Gasteiger partial charge is 0.148 e. The molecule has 0 radical (unpaired) electrons. The summed E-state index contributed by atoms with van der Waals surface area (Å²) in [6.07, 6.45) is 10.3. The van der Waals surface area contributed by atoms with Crippen LogP contribution in [0.15, 0.2) is 36.4 Å². The SMILES string of the molecule is C#CC#CC#COc1cc(C)ccc1-c1ccc(C)cc1OC#CC. The first-order chi connectivity index (χ1) is 12.2. The molecule has 0 bridgehead atoms. The predicted octanol–water partition coefficient (Wildman–Crippen LogP) is 4.31. The number of aryl methyl sites for hydroxylation is 2. The van der Waals surface area contributed by atoms with E-state index in [0.717, 1.165) is 22.3 Å². The molecule has 0 aromatic heterocycles. The van der Waals surface area contributed by atoms with Crippen LogP contribution in [-0.2, 0) is 0 Å². The van der Waals surface area contributed by atoms with Crippen molar-refractivity contribution >= 4 is 0 Å². The number of hydrogen-bond acceptors (Lipinski definition) is 2. The van der Waals surface area contributed by atoms with Crippen molar-refractivity contribution in [3.8, 4) is 70.9 Å². The van der Waals surface area contributed by atoms with Gasteiger partial charge in [0.05, 0.1) is 0 Å². The van der Waals surface area contributed by atoms with Crippen LogP contribution in [0.25, 0.3) is 11.1 Å². The molecule has 2 rings (SSSR count). The molecule has 2 nitrogen and oxygen atoms in total. The average molecular weight is 324 g/mol. The van der Waals surface area contributed by atoms with E-state index in [9.17, 15) is 0 Å². The maximum atomic E-state index is 5.58. The Bertz CT molecular complexity index is 1000. The summed E-state index contributed by atoms with van der Waals surface area (Å²) in [6.45, 7) is 5.71. The number of rotatable bonds is 3. The van der Waals surface area contributed by atoms with E-state index in [1.807, 2.05) is 50.2 Å². The molecule has 0 saturated carbocycles. The van der Waals surface area contributed by atoms with Crippen LogP contribution in [0.5, 0.6) is 11.5 Å². The average Bonchev–Trinajstić information content (AvgIpc) is 2.60. The number of hydrogen-bond donors (Lipinski definition) is 0. The summed E-state index contributed by atoms with van der Waals surface area (Å²) in [4.78, 5) is 0. The highest BCUT2D eigenvalue weighted by molar-refractivity contribution is 5.77. The van der Waals surface area contributed by atoms with Crippen LogP contribution >= 0.6 is 0 Å². The minimum atomic E-state index is 0.619. The quantitative estimate of drug-likeness (QED) is 0.784. The topological polar surface area (TPSA) is 18.5 Å². The summed E-state index contributed by atoms with van der Waals surface area (Å²) in [7, 11) is 0.